The van der Waals surface area contributed by atoms with E-state index in [9.17, 15) is 18.3 Å². The summed E-state index contributed by atoms with van der Waals surface area (Å²) >= 11 is 0. The minimum Gasteiger partial charge on any atom is -0.462 e. The Kier molecular flexibility index (Phi) is 4.06. The predicted octanol–water partition coefficient (Wildman–Crippen LogP) is -1.01. The number of carbonyl (C=O) groups excluding carboxylic acids is 1. The molecule has 7 heteroatoms. The molecule has 2 N–H and O–H groups in total. The highest BCUT2D eigenvalue weighted by atomic mass is 32.2. The summed E-state index contributed by atoms with van der Waals surface area (Å²) in [5.74, 6) is -0.762. The number of cyclic esters (lactones) is 1. The Morgan fingerprint density at radius 3 is 2.73 bits per heavy atom. The molecule has 1 saturated heterocycles. The summed E-state index contributed by atoms with van der Waals surface area (Å²) in [7, 11) is -3.50. The lowest BCUT2D eigenvalue weighted by Crippen LogP contribution is -2.45. The van der Waals surface area contributed by atoms with Crippen molar-refractivity contribution >= 4 is 16.0 Å². The van der Waals surface area contributed by atoms with Gasteiger partial charge >= 0.3 is 5.97 Å². The number of nitrogens with one attached hydrogen (secondary N) is 1. The van der Waals surface area contributed by atoms with Crippen molar-refractivity contribution < 1.29 is 23.1 Å². The lowest BCUT2D eigenvalue weighted by atomic mass is 10.2. The molecule has 0 bridgehead atoms. The van der Waals surface area contributed by atoms with Gasteiger partial charge in [0.1, 0.15) is 18.8 Å². The van der Waals surface area contributed by atoms with Crippen molar-refractivity contribution in [2.75, 3.05) is 12.4 Å². The van der Waals surface area contributed by atoms with Gasteiger partial charge < -0.3 is 9.84 Å². The van der Waals surface area contributed by atoms with Crippen LogP contribution in [0.3, 0.4) is 0 Å². The van der Waals surface area contributed by atoms with E-state index in [-0.39, 0.29) is 12.4 Å². The van der Waals surface area contributed by atoms with Crippen LogP contribution in [0, 0.1) is 0 Å². The van der Waals surface area contributed by atoms with Crippen molar-refractivity contribution in [3.63, 3.8) is 0 Å². The first-order valence-electron chi connectivity index (χ1n) is 4.81. The fraction of sp³-hybridized carbons (Fsp3) is 0.875. The molecular weight excluding hydrogens is 222 g/mol. The zero-order chi connectivity index (χ0) is 11.5. The predicted molar refractivity (Wildman–Crippen MR) is 52.6 cm³/mol. The van der Waals surface area contributed by atoms with Gasteiger partial charge in [0.15, 0.2) is 0 Å². The van der Waals surface area contributed by atoms with E-state index in [1.165, 1.54) is 0 Å². The highest BCUT2D eigenvalue weighted by Crippen LogP contribution is 2.09. The van der Waals surface area contributed by atoms with E-state index in [0.717, 1.165) is 6.42 Å². The molecule has 0 aromatic carbocycles. The van der Waals surface area contributed by atoms with Crippen molar-refractivity contribution in [3.05, 3.63) is 0 Å². The number of esters is 1. The molecule has 1 rings (SSSR count). The van der Waals surface area contributed by atoms with Crippen LogP contribution >= 0.6 is 0 Å². The van der Waals surface area contributed by atoms with Gasteiger partial charge in [0.25, 0.3) is 0 Å². The monoisotopic (exact) mass is 237 g/mol. The van der Waals surface area contributed by atoms with Gasteiger partial charge in [-0.15, -0.1) is 0 Å². The summed E-state index contributed by atoms with van der Waals surface area (Å²) in [4.78, 5) is 11.0. The highest BCUT2D eigenvalue weighted by molar-refractivity contribution is 7.89. The molecule has 1 heterocycles. The maximum atomic E-state index is 11.4. The van der Waals surface area contributed by atoms with Crippen LogP contribution in [0.1, 0.15) is 19.8 Å². The molecular formula is C8H15NO5S. The fourth-order valence-electron chi connectivity index (χ4n) is 1.22. The number of rotatable bonds is 5. The number of hydrogen-bond donors (Lipinski definition) is 2. The maximum absolute atomic E-state index is 11.4. The van der Waals surface area contributed by atoms with Crippen molar-refractivity contribution in [3.8, 4) is 0 Å². The minimum atomic E-state index is -3.50. The van der Waals surface area contributed by atoms with Gasteiger partial charge in [-0.1, -0.05) is 13.3 Å². The molecule has 1 aliphatic rings. The summed E-state index contributed by atoms with van der Waals surface area (Å²) in [6.07, 6.45) is 0.181. The molecule has 0 aromatic rings. The Bertz CT molecular complexity index is 326. The number of hydrogen-bond acceptors (Lipinski definition) is 5. The van der Waals surface area contributed by atoms with Crippen LogP contribution in [-0.4, -0.2) is 44.0 Å². The highest BCUT2D eigenvalue weighted by Gasteiger charge is 2.38. The molecule has 0 spiro atoms. The van der Waals surface area contributed by atoms with E-state index in [1.807, 2.05) is 6.92 Å². The van der Waals surface area contributed by atoms with E-state index in [1.54, 1.807) is 0 Å². The quantitative estimate of drug-likeness (QED) is 0.598. The maximum Gasteiger partial charge on any atom is 0.327 e. The van der Waals surface area contributed by atoms with E-state index < -0.39 is 28.1 Å². The lowest BCUT2D eigenvalue weighted by Gasteiger charge is -2.12. The number of carbonyl (C=O) groups is 1. The third-order valence-electron chi connectivity index (χ3n) is 2.11. The smallest absolute Gasteiger partial charge is 0.327 e. The van der Waals surface area contributed by atoms with Gasteiger partial charge in [-0.05, 0) is 6.42 Å². The average molecular weight is 237 g/mol. The van der Waals surface area contributed by atoms with E-state index in [4.69, 9.17) is 0 Å². The normalized spacial score (nSPS) is 26.7. The van der Waals surface area contributed by atoms with E-state index >= 15 is 0 Å². The Hall–Kier alpha value is -0.660. The van der Waals surface area contributed by atoms with Gasteiger partial charge in [0.2, 0.25) is 10.0 Å². The van der Waals surface area contributed by atoms with E-state index in [0.29, 0.717) is 6.42 Å². The molecule has 6 nitrogen and oxygen atoms in total. The summed E-state index contributed by atoms with van der Waals surface area (Å²) in [5.41, 5.74) is 0. The Labute approximate surface area is 88.7 Å². The largest absolute Gasteiger partial charge is 0.462 e. The van der Waals surface area contributed by atoms with Crippen LogP contribution < -0.4 is 4.72 Å². The summed E-state index contributed by atoms with van der Waals surface area (Å²) in [6.45, 7) is 1.72. The van der Waals surface area contributed by atoms with Gasteiger partial charge in [-0.25, -0.2) is 8.42 Å². The van der Waals surface area contributed by atoms with Crippen LogP contribution in [0.25, 0.3) is 0 Å². The molecule has 0 aliphatic carbocycles. The van der Waals surface area contributed by atoms with Gasteiger partial charge in [0.05, 0.1) is 5.75 Å². The third kappa shape index (κ3) is 3.44. The number of unbranched alkanes of at least 4 members (excludes halogenated alkanes) is 1. The van der Waals surface area contributed by atoms with Crippen molar-refractivity contribution in [2.24, 2.45) is 0 Å². The first-order chi connectivity index (χ1) is 6.96. The summed E-state index contributed by atoms with van der Waals surface area (Å²) in [6, 6.07) is -1.15. The second-order valence-corrected chi connectivity index (χ2v) is 5.34. The zero-order valence-electron chi connectivity index (χ0n) is 8.47. The van der Waals surface area contributed by atoms with Crippen LogP contribution in [0.4, 0.5) is 0 Å². The Balaban J connectivity index is 2.56. The first-order valence-corrected chi connectivity index (χ1v) is 6.46. The molecule has 0 saturated carbocycles. The first kappa shape index (κ1) is 12.4. The lowest BCUT2D eigenvalue weighted by molar-refractivity contribution is -0.139. The van der Waals surface area contributed by atoms with Gasteiger partial charge in [-0.3, -0.25) is 4.79 Å². The second-order valence-electron chi connectivity index (χ2n) is 3.47. The van der Waals surface area contributed by atoms with Crippen LogP contribution in [0.2, 0.25) is 0 Å². The molecule has 2 atom stereocenters. The molecule has 88 valence electrons. The topological polar surface area (TPSA) is 92.7 Å². The van der Waals surface area contributed by atoms with Gasteiger partial charge in [0, 0.05) is 0 Å². The standard InChI is InChI=1S/C8H15NO5S/c1-2-3-4-15(12,13)9-7-6(10)5-14-8(7)11/h6-7,9-10H,2-5H2,1H3/t6?,7-/m0/s1. The van der Waals surface area contributed by atoms with E-state index in [2.05, 4.69) is 9.46 Å². The SMILES string of the molecule is CCCCS(=O)(=O)N[C@@H]1C(=O)OCC1O. The third-order valence-corrected chi connectivity index (χ3v) is 3.55. The minimum absolute atomic E-state index is 0.0417. The number of ether oxygens (including phenoxy) is 1. The zero-order valence-corrected chi connectivity index (χ0v) is 9.29. The Morgan fingerprint density at radius 1 is 1.60 bits per heavy atom. The molecule has 0 amide bonds. The Morgan fingerprint density at radius 2 is 2.27 bits per heavy atom. The van der Waals surface area contributed by atoms with Gasteiger partial charge in [-0.2, -0.15) is 4.72 Å². The number of sulfonamides is 1. The molecule has 1 aliphatic heterocycles. The van der Waals surface area contributed by atoms with Crippen molar-refractivity contribution in [2.45, 2.75) is 31.9 Å². The molecule has 0 aromatic heterocycles. The average Bonchev–Trinajstić information content (AvgIpc) is 2.46. The molecule has 15 heavy (non-hydrogen) atoms. The fourth-order valence-corrected chi connectivity index (χ4v) is 2.65. The van der Waals surface area contributed by atoms with Crippen molar-refractivity contribution in [1.82, 2.24) is 4.72 Å². The van der Waals surface area contributed by atoms with Crippen LogP contribution in [-0.2, 0) is 19.6 Å². The van der Waals surface area contributed by atoms with Crippen molar-refractivity contribution in [1.29, 1.82) is 0 Å². The summed E-state index contributed by atoms with van der Waals surface area (Å²) in [5, 5.41) is 9.28. The molecule has 1 fully saturated rings. The molecule has 1 unspecified atom stereocenters. The number of aliphatic hydroxyl groups excluding tert-OH is 1. The summed E-state index contributed by atoms with van der Waals surface area (Å²) < 4.78 is 29.5. The second kappa shape index (κ2) is 4.91. The number of aliphatic hydroxyl groups is 1. The molecule has 0 radical (unpaired) electrons. The van der Waals surface area contributed by atoms with Crippen LogP contribution in [0.15, 0.2) is 0 Å². The van der Waals surface area contributed by atoms with Crippen LogP contribution in [0.5, 0.6) is 0 Å².